The normalized spacial score (nSPS) is 39.1. The molecule has 2 aliphatic carbocycles. The summed E-state index contributed by atoms with van der Waals surface area (Å²) in [5.41, 5.74) is 5.38. The molecule has 0 aliphatic heterocycles. The number of hydrogen-bond acceptors (Lipinski definition) is 1. The van der Waals surface area contributed by atoms with Crippen LogP contribution in [0.25, 0.3) is 0 Å². The van der Waals surface area contributed by atoms with Crippen LogP contribution < -0.4 is 10.4 Å². The summed E-state index contributed by atoms with van der Waals surface area (Å²) in [5.74, 6) is 1.86. The molecule has 0 bridgehead atoms. The largest absolute Gasteiger partial charge is 0.544 e. The zero-order valence-electron chi connectivity index (χ0n) is 6.49. The molecular formula is C8H13N2O+. The van der Waals surface area contributed by atoms with Gasteiger partial charge in [0.2, 0.25) is 0 Å². The molecule has 2 saturated carbocycles. The van der Waals surface area contributed by atoms with Gasteiger partial charge in [-0.2, -0.15) is 4.67 Å². The van der Waals surface area contributed by atoms with E-state index in [9.17, 15) is 0 Å². The summed E-state index contributed by atoms with van der Waals surface area (Å²) >= 11 is 0. The Balaban J connectivity index is 1.84. The number of ether oxygens (including phenoxy) is 1. The van der Waals surface area contributed by atoms with E-state index < -0.39 is 0 Å². The van der Waals surface area contributed by atoms with Gasteiger partial charge in [0.1, 0.15) is 6.10 Å². The van der Waals surface area contributed by atoms with E-state index in [2.05, 4.69) is 11.4 Å². The highest BCUT2D eigenvalue weighted by Crippen LogP contribution is 2.52. The van der Waals surface area contributed by atoms with Crippen LogP contribution in [0.5, 0.6) is 0 Å². The second-order valence-corrected chi connectivity index (χ2v) is 3.46. The van der Waals surface area contributed by atoms with Crippen LogP contribution >= 0.6 is 0 Å². The van der Waals surface area contributed by atoms with Crippen LogP contribution in [0.4, 0.5) is 0 Å². The first kappa shape index (κ1) is 6.74. The first-order valence-corrected chi connectivity index (χ1v) is 4.05. The van der Waals surface area contributed by atoms with Crippen LogP contribution in [-0.4, -0.2) is 18.8 Å². The fraction of sp³-hybridized carbons (Fsp3) is 0.750. The van der Waals surface area contributed by atoms with Gasteiger partial charge < -0.3 is 4.74 Å². The van der Waals surface area contributed by atoms with Gasteiger partial charge in [-0.1, -0.05) is 0 Å². The van der Waals surface area contributed by atoms with Crippen molar-refractivity contribution < 1.29 is 4.74 Å². The SMILES string of the molecule is C=[N+]=C(N)OC1CC2CC2C1. The third-order valence-electron chi connectivity index (χ3n) is 2.64. The predicted molar refractivity (Wildman–Crippen MR) is 44.2 cm³/mol. The maximum absolute atomic E-state index is 5.38. The smallest absolute Gasteiger partial charge is 0.416 e. The van der Waals surface area contributed by atoms with Crippen LogP contribution in [-0.2, 0) is 4.74 Å². The van der Waals surface area contributed by atoms with Crippen molar-refractivity contribution in [3.05, 3.63) is 0 Å². The van der Waals surface area contributed by atoms with Crippen molar-refractivity contribution in [2.75, 3.05) is 0 Å². The molecule has 0 aromatic heterocycles. The Morgan fingerprint density at radius 1 is 1.36 bits per heavy atom. The molecule has 0 radical (unpaired) electrons. The molecule has 0 aromatic carbocycles. The van der Waals surface area contributed by atoms with Crippen molar-refractivity contribution in [1.82, 2.24) is 4.67 Å². The number of nitrogens with zero attached hydrogens (tertiary/aromatic N) is 1. The van der Waals surface area contributed by atoms with E-state index in [1.54, 1.807) is 0 Å². The number of nitrogens with two attached hydrogens (primary N) is 1. The molecule has 2 fully saturated rings. The Morgan fingerprint density at radius 3 is 2.55 bits per heavy atom. The third kappa shape index (κ3) is 1.24. The maximum atomic E-state index is 5.38. The molecule has 0 aromatic rings. The second kappa shape index (κ2) is 2.28. The molecule has 2 aliphatic rings. The number of fused-ring (bicyclic) bond motifs is 1. The molecule has 11 heavy (non-hydrogen) atoms. The van der Waals surface area contributed by atoms with Crippen molar-refractivity contribution in [2.24, 2.45) is 17.6 Å². The van der Waals surface area contributed by atoms with Gasteiger partial charge in [-0.3, -0.25) is 0 Å². The van der Waals surface area contributed by atoms with Gasteiger partial charge in [0.05, 0.1) is 0 Å². The summed E-state index contributed by atoms with van der Waals surface area (Å²) in [7, 11) is 0. The molecule has 2 N–H and O–H groups in total. The van der Waals surface area contributed by atoms with Crippen LogP contribution in [0.1, 0.15) is 19.3 Å². The van der Waals surface area contributed by atoms with Gasteiger partial charge in [0.25, 0.3) is 0 Å². The predicted octanol–water partition coefficient (Wildman–Crippen LogP) is -0.116. The Labute approximate surface area is 66.0 Å². The van der Waals surface area contributed by atoms with Crippen LogP contribution in [0.3, 0.4) is 0 Å². The van der Waals surface area contributed by atoms with Crippen molar-refractivity contribution in [1.29, 1.82) is 0 Å². The highest BCUT2D eigenvalue weighted by atomic mass is 16.5. The third-order valence-corrected chi connectivity index (χ3v) is 2.64. The minimum Gasteiger partial charge on any atom is -0.416 e. The van der Waals surface area contributed by atoms with E-state index in [1.807, 2.05) is 0 Å². The van der Waals surface area contributed by atoms with E-state index in [1.165, 1.54) is 19.3 Å². The molecule has 2 unspecified atom stereocenters. The molecule has 60 valence electrons. The Bertz CT molecular complexity index is 210. The van der Waals surface area contributed by atoms with Gasteiger partial charge >= 0.3 is 6.02 Å². The lowest BCUT2D eigenvalue weighted by Crippen LogP contribution is -2.25. The number of hydrogen-bond donors (Lipinski definition) is 1. The van der Waals surface area contributed by atoms with E-state index in [4.69, 9.17) is 10.5 Å². The highest BCUT2D eigenvalue weighted by Gasteiger charge is 2.47. The molecule has 3 heteroatoms. The van der Waals surface area contributed by atoms with Gasteiger partial charge in [-0.05, 0) is 31.1 Å². The van der Waals surface area contributed by atoms with Crippen molar-refractivity contribution >= 4 is 12.7 Å². The minimum absolute atomic E-state index is 0.233. The molecular weight excluding hydrogens is 140 g/mol. The van der Waals surface area contributed by atoms with Crippen LogP contribution in [0.2, 0.25) is 0 Å². The summed E-state index contributed by atoms with van der Waals surface area (Å²) in [6.07, 6.45) is 4.06. The molecule has 0 amide bonds. The summed E-state index contributed by atoms with van der Waals surface area (Å²) in [6.45, 7) is 3.30. The van der Waals surface area contributed by atoms with E-state index >= 15 is 0 Å². The summed E-state index contributed by atoms with van der Waals surface area (Å²) in [5, 5.41) is 0. The van der Waals surface area contributed by atoms with Crippen molar-refractivity contribution in [3.63, 3.8) is 0 Å². The van der Waals surface area contributed by atoms with Gasteiger partial charge in [0, 0.05) is 0 Å². The molecule has 0 heterocycles. The first-order chi connectivity index (χ1) is 5.29. The quantitative estimate of drug-likeness (QED) is 0.324. The zero-order valence-corrected chi connectivity index (χ0v) is 6.49. The lowest BCUT2D eigenvalue weighted by Gasteiger charge is -2.07. The van der Waals surface area contributed by atoms with E-state index in [0.717, 1.165) is 11.8 Å². The topological polar surface area (TPSA) is 49.4 Å². The summed E-state index contributed by atoms with van der Waals surface area (Å²) in [4.78, 5) is 0. The summed E-state index contributed by atoms with van der Waals surface area (Å²) < 4.78 is 8.84. The molecule has 2 atom stereocenters. The first-order valence-electron chi connectivity index (χ1n) is 4.05. The van der Waals surface area contributed by atoms with E-state index in [-0.39, 0.29) is 6.02 Å². The van der Waals surface area contributed by atoms with Gasteiger partial charge in [-0.25, -0.2) is 5.73 Å². The Hall–Kier alpha value is -0.950. The Kier molecular flexibility index (Phi) is 1.40. The molecule has 3 nitrogen and oxygen atoms in total. The fourth-order valence-electron chi connectivity index (χ4n) is 1.96. The average Bonchev–Trinajstić information content (AvgIpc) is 2.60. The van der Waals surface area contributed by atoms with Gasteiger partial charge in [-0.15, -0.1) is 0 Å². The minimum atomic E-state index is 0.233. The van der Waals surface area contributed by atoms with Crippen LogP contribution in [0, 0.1) is 11.8 Å². The Morgan fingerprint density at radius 2 is 2.00 bits per heavy atom. The van der Waals surface area contributed by atoms with Gasteiger partial charge in [0.15, 0.2) is 6.72 Å². The van der Waals surface area contributed by atoms with Crippen LogP contribution in [0.15, 0.2) is 0 Å². The number of rotatable bonds is 1. The van der Waals surface area contributed by atoms with E-state index in [0.29, 0.717) is 6.10 Å². The summed E-state index contributed by atoms with van der Waals surface area (Å²) in [6, 6.07) is 0.233. The average molecular weight is 153 g/mol. The maximum Gasteiger partial charge on any atom is 0.544 e. The standard InChI is InChI=1S/C8H12N2O/c1-10-8(9)11-7-3-5-2-6(5)4-7/h5-7,9H,1-4H2/p+1. The highest BCUT2D eigenvalue weighted by molar-refractivity contribution is 5.71. The lowest BCUT2D eigenvalue weighted by molar-refractivity contribution is 0.178. The molecule has 0 saturated heterocycles. The number of amidine groups is 1. The molecule has 0 spiro atoms. The van der Waals surface area contributed by atoms with Crippen molar-refractivity contribution in [3.8, 4) is 0 Å². The van der Waals surface area contributed by atoms with Crippen molar-refractivity contribution in [2.45, 2.75) is 25.4 Å². The lowest BCUT2D eigenvalue weighted by atomic mass is 10.2. The second-order valence-electron chi connectivity index (χ2n) is 3.46. The fourth-order valence-corrected chi connectivity index (χ4v) is 1.96. The molecule has 2 rings (SSSR count). The zero-order chi connectivity index (χ0) is 7.84. The monoisotopic (exact) mass is 153 g/mol.